The molecule has 14 rings (SSSR count). The smallest absolute Gasteiger partial charge is 0.315 e. The molecule has 0 radical (unpaired) electrons. The highest BCUT2D eigenvalue weighted by Gasteiger charge is 2.70. The average molecular weight is 1160 g/mol. The molecular weight excluding hydrogens is 1060 g/mol. The van der Waals surface area contributed by atoms with Gasteiger partial charge in [-0.3, -0.25) is 14.4 Å². The molecule has 9 heterocycles. The molecular formula is C58H90O23. The molecule has 10 N–H and O–H groups in total. The highest BCUT2D eigenvalue weighted by atomic mass is 16.8. The standard InChI is InChI=1S/C58H90O23/c1-26-45-42(68)44(70)48(74-26)79-46-37(63)29(60)24-73-50(46)81-52(71)58-20-18-53(2,3)22-28(58)27-12-13-33-55(6)16-15-34(54(4,5)32(55)14-17-57(33,8)56(27,7)19-21-58)77-51-47(41(67)38(64)30(23-59)75-51)80-49-43(69)40(66)39(65)31(76-49)25-72-35(61)10-9-11-36(62)78-45/h12,26,28-34,37-51,59-60,63-70H,9-11,13-25H2,1-8H3/t26-,28-,29-,30+,31-,32-,33+,34-,37-,38+,39+,40+,41-,42-,43-,44+,45-,46+,47+,48-,49+,50-,51-,55-,56+,57+,58-/m0/s1. The summed E-state index contributed by atoms with van der Waals surface area (Å²) in [6.45, 7) is 15.7. The van der Waals surface area contributed by atoms with Crippen LogP contribution in [0.15, 0.2) is 11.6 Å². The molecule has 14 aliphatic rings. The Morgan fingerprint density at radius 3 is 1.95 bits per heavy atom. The van der Waals surface area contributed by atoms with Gasteiger partial charge in [-0.05, 0) is 122 Å². The molecule has 6 saturated heterocycles. The van der Waals surface area contributed by atoms with E-state index in [2.05, 4.69) is 54.5 Å². The van der Waals surface area contributed by atoms with Gasteiger partial charge in [0.15, 0.2) is 31.1 Å². The molecule has 0 aromatic carbocycles. The van der Waals surface area contributed by atoms with Gasteiger partial charge in [0.2, 0.25) is 6.29 Å². The predicted molar refractivity (Wildman–Crippen MR) is 277 cm³/mol. The minimum atomic E-state index is -1.92. The van der Waals surface area contributed by atoms with Gasteiger partial charge in [0.05, 0.1) is 30.8 Å². The highest BCUT2D eigenvalue weighted by Crippen LogP contribution is 2.76. The van der Waals surface area contributed by atoms with Gasteiger partial charge < -0.3 is 98.4 Å². The minimum absolute atomic E-state index is 0.103. The van der Waals surface area contributed by atoms with Crippen LogP contribution in [0.5, 0.6) is 0 Å². The van der Waals surface area contributed by atoms with Gasteiger partial charge in [0.25, 0.3) is 0 Å². The number of esters is 3. The lowest BCUT2D eigenvalue weighted by molar-refractivity contribution is -0.378. The number of aliphatic hydroxyl groups excluding tert-OH is 10. The first kappa shape index (κ1) is 61.6. The van der Waals surface area contributed by atoms with E-state index in [-0.39, 0.29) is 58.7 Å². The Labute approximate surface area is 472 Å². The van der Waals surface area contributed by atoms with Crippen molar-refractivity contribution in [2.45, 2.75) is 262 Å². The molecule has 23 heteroatoms. The van der Waals surface area contributed by atoms with Crippen LogP contribution in [0.2, 0.25) is 0 Å². The number of aliphatic hydroxyl groups is 10. The number of rotatable bonds is 1. The molecule has 0 unspecified atom stereocenters. The lowest BCUT2D eigenvalue weighted by atomic mass is 9.33. The van der Waals surface area contributed by atoms with E-state index in [1.165, 1.54) is 12.5 Å². The molecule has 0 aromatic heterocycles. The first-order valence-corrected chi connectivity index (χ1v) is 29.6. The van der Waals surface area contributed by atoms with Crippen LogP contribution < -0.4 is 0 Å². The number of carbonyl (C=O) groups excluding carboxylic acids is 3. The first-order chi connectivity index (χ1) is 38.0. The van der Waals surface area contributed by atoms with Crippen molar-refractivity contribution in [1.82, 2.24) is 0 Å². The SMILES string of the molecule is C[C@@H]1O[C@H]2O[C@H]3[C@@H](OC[C@H](O)[C@@H]3O)OC(=O)[C@]34CCC(C)(C)C[C@H]3C3=CC[C@@H]5[C@@]6(C)CC[C@H](O[C@@H]7O[C@H](CO)[C@@H](O)[C@H](O)[C@H]7O[C@H]7O[C@@H](COC(=O)CCCC(=O)O[C@@H]1[C@@H](O)[C@H]2O)[C@@H](O)[C@@H](O)[C@@H]7O)C(C)(C)[C@@H]6CC[C@@]5(C)[C@]3(C)CC4. The van der Waals surface area contributed by atoms with E-state index in [0.29, 0.717) is 32.1 Å². The van der Waals surface area contributed by atoms with Crippen LogP contribution in [0.25, 0.3) is 0 Å². The molecule has 9 aliphatic heterocycles. The third-order valence-electron chi connectivity index (χ3n) is 22.2. The third-order valence-corrected chi connectivity index (χ3v) is 22.2. The zero-order chi connectivity index (χ0) is 58.7. The van der Waals surface area contributed by atoms with Crippen molar-refractivity contribution in [3.05, 3.63) is 11.6 Å². The summed E-state index contributed by atoms with van der Waals surface area (Å²) in [5, 5.41) is 111. The fraction of sp³-hybridized carbons (Fsp3) is 0.914. The zero-order valence-electron chi connectivity index (χ0n) is 47.9. The van der Waals surface area contributed by atoms with E-state index < -0.39 is 171 Å². The fourth-order valence-electron chi connectivity index (χ4n) is 17.1. The van der Waals surface area contributed by atoms with E-state index in [1.807, 2.05) is 0 Å². The summed E-state index contributed by atoms with van der Waals surface area (Å²) in [6, 6.07) is 0. The number of carbonyl (C=O) groups is 3. The number of hydrogen-bond acceptors (Lipinski definition) is 23. The van der Waals surface area contributed by atoms with Crippen LogP contribution in [-0.2, 0) is 61.8 Å². The molecule has 5 aliphatic carbocycles. The van der Waals surface area contributed by atoms with E-state index in [4.69, 9.17) is 47.4 Å². The van der Waals surface area contributed by atoms with Crippen molar-refractivity contribution in [1.29, 1.82) is 0 Å². The van der Waals surface area contributed by atoms with Gasteiger partial charge in [-0.15, -0.1) is 0 Å². The van der Waals surface area contributed by atoms with Gasteiger partial charge in [0.1, 0.15) is 79.9 Å². The third kappa shape index (κ3) is 10.6. The predicted octanol–water partition coefficient (Wildman–Crippen LogP) is 0.917. The van der Waals surface area contributed by atoms with Crippen LogP contribution >= 0.6 is 0 Å². The van der Waals surface area contributed by atoms with Gasteiger partial charge in [-0.2, -0.15) is 0 Å². The van der Waals surface area contributed by atoms with Gasteiger partial charge in [0, 0.05) is 12.8 Å². The van der Waals surface area contributed by atoms with Gasteiger partial charge in [-0.25, -0.2) is 0 Å². The molecule has 23 nitrogen and oxygen atoms in total. The van der Waals surface area contributed by atoms with Gasteiger partial charge in [-0.1, -0.05) is 60.1 Å². The molecule has 0 amide bonds. The molecule has 1 spiro atoms. The Morgan fingerprint density at radius 1 is 0.580 bits per heavy atom. The first-order valence-electron chi connectivity index (χ1n) is 29.6. The largest absolute Gasteiger partial charge is 0.463 e. The second kappa shape index (κ2) is 22.6. The maximum Gasteiger partial charge on any atom is 0.315 e. The van der Waals surface area contributed by atoms with Crippen molar-refractivity contribution in [2.24, 2.45) is 50.2 Å². The van der Waals surface area contributed by atoms with E-state index in [1.54, 1.807) is 0 Å². The van der Waals surface area contributed by atoms with Crippen LogP contribution in [0.3, 0.4) is 0 Å². The summed E-state index contributed by atoms with van der Waals surface area (Å²) < 4.78 is 60.5. The molecule has 27 atom stereocenters. The fourth-order valence-corrected chi connectivity index (χ4v) is 17.1. The zero-order valence-corrected chi connectivity index (χ0v) is 47.9. The number of hydrogen-bond donors (Lipinski definition) is 10. The number of ether oxygens (including phenoxy) is 10. The Kier molecular flexibility index (Phi) is 17.2. The Balaban J connectivity index is 0.975. The van der Waals surface area contributed by atoms with Crippen molar-refractivity contribution in [3.8, 4) is 0 Å². The molecule has 81 heavy (non-hydrogen) atoms. The lowest BCUT2D eigenvalue weighted by Crippen LogP contribution is -2.67. The maximum atomic E-state index is 15.3. The maximum absolute atomic E-state index is 15.3. The monoisotopic (exact) mass is 1150 g/mol. The lowest BCUT2D eigenvalue weighted by Gasteiger charge is -2.71. The van der Waals surface area contributed by atoms with Crippen LogP contribution in [0.1, 0.15) is 139 Å². The quantitative estimate of drug-likeness (QED) is 0.0755. The normalized spacial score (nSPS) is 52.5. The van der Waals surface area contributed by atoms with Crippen molar-refractivity contribution in [3.63, 3.8) is 0 Å². The summed E-state index contributed by atoms with van der Waals surface area (Å²) in [6.07, 6.45) is -22.9. The van der Waals surface area contributed by atoms with Crippen LogP contribution in [-0.4, -0.2) is 212 Å². The molecule has 460 valence electrons. The molecule has 10 fully saturated rings. The molecule has 0 aromatic rings. The highest BCUT2D eigenvalue weighted by molar-refractivity contribution is 5.79. The van der Waals surface area contributed by atoms with Crippen molar-refractivity contribution in [2.75, 3.05) is 19.8 Å². The number of allylic oxidation sites excluding steroid dienone is 2. The topological polar surface area (TPSA) is 346 Å². The van der Waals surface area contributed by atoms with Crippen molar-refractivity contribution >= 4 is 17.9 Å². The van der Waals surface area contributed by atoms with E-state index >= 15 is 4.79 Å². The summed E-state index contributed by atoms with van der Waals surface area (Å²) >= 11 is 0. The van der Waals surface area contributed by atoms with Crippen LogP contribution in [0, 0.1) is 50.2 Å². The summed E-state index contributed by atoms with van der Waals surface area (Å²) in [7, 11) is 0. The average Bonchev–Trinajstić information content (AvgIpc) is 1.08. The minimum Gasteiger partial charge on any atom is -0.463 e. The second-order valence-electron chi connectivity index (χ2n) is 27.6. The molecule has 12 bridgehead atoms. The van der Waals surface area contributed by atoms with E-state index in [9.17, 15) is 60.7 Å². The van der Waals surface area contributed by atoms with Gasteiger partial charge >= 0.3 is 17.9 Å². The summed E-state index contributed by atoms with van der Waals surface area (Å²) in [5.74, 6) is -2.16. The summed E-state index contributed by atoms with van der Waals surface area (Å²) in [5.41, 5.74) is -1.17. The molecule has 4 saturated carbocycles. The van der Waals surface area contributed by atoms with Crippen LogP contribution in [0.4, 0.5) is 0 Å². The van der Waals surface area contributed by atoms with Crippen molar-refractivity contribution < 1.29 is 113 Å². The van der Waals surface area contributed by atoms with E-state index in [0.717, 1.165) is 32.1 Å². The summed E-state index contributed by atoms with van der Waals surface area (Å²) in [4.78, 5) is 41.5. The Bertz CT molecular complexity index is 2330. The Hall–Kier alpha value is -2.53. The Morgan fingerprint density at radius 2 is 1.23 bits per heavy atom. The second-order valence-corrected chi connectivity index (χ2v) is 27.6.